The quantitative estimate of drug-likeness (QED) is 0.215. The van der Waals surface area contributed by atoms with Crippen molar-refractivity contribution in [3.05, 3.63) is 48.0 Å². The molecule has 0 aromatic carbocycles. The largest absolute Gasteiger partial charge is 0.465 e. The number of allylic oxidation sites excluding steroid dienone is 4. The number of ketones is 1. The fourth-order valence-corrected chi connectivity index (χ4v) is 10.7. The predicted molar refractivity (Wildman–Crippen MR) is 202 cm³/mol. The van der Waals surface area contributed by atoms with Crippen LogP contribution in [0.3, 0.4) is 0 Å². The van der Waals surface area contributed by atoms with E-state index in [4.69, 9.17) is 42.3 Å². The van der Waals surface area contributed by atoms with Crippen LogP contribution in [0.4, 0.5) is 0 Å². The van der Waals surface area contributed by atoms with Crippen LogP contribution in [0.5, 0.6) is 0 Å². The number of carbonyl (C=O) groups is 2. The summed E-state index contributed by atoms with van der Waals surface area (Å²) in [4.78, 5) is 30.8. The van der Waals surface area contributed by atoms with Crippen molar-refractivity contribution in [3.63, 3.8) is 0 Å². The molecule has 3 aliphatic carbocycles. The predicted octanol–water partition coefficient (Wildman–Crippen LogP) is 6.04. The van der Waals surface area contributed by atoms with Crippen LogP contribution in [0.1, 0.15) is 84.0 Å². The summed E-state index contributed by atoms with van der Waals surface area (Å²) in [6, 6.07) is 4.00. The molecule has 1 aromatic heterocycles. The van der Waals surface area contributed by atoms with Gasteiger partial charge in [0.05, 0.1) is 37.1 Å². The summed E-state index contributed by atoms with van der Waals surface area (Å²) in [5.74, 6) is 0.232. The van der Waals surface area contributed by atoms with Crippen LogP contribution in [0.2, 0.25) is 0 Å². The molecule has 0 N–H and O–H groups in total. The Morgan fingerprint density at radius 1 is 0.818 bits per heavy atom. The molecule has 0 amide bonds. The zero-order valence-electron chi connectivity index (χ0n) is 33.9. The van der Waals surface area contributed by atoms with E-state index in [0.717, 1.165) is 31.3 Å². The molecule has 0 radical (unpaired) electrons. The average Bonchev–Trinajstić information content (AvgIpc) is 3.92. The van der Waals surface area contributed by atoms with Gasteiger partial charge >= 0.3 is 5.97 Å². The Kier molecular flexibility index (Phi) is 13.0. The summed E-state index contributed by atoms with van der Waals surface area (Å²) >= 11 is 0. The van der Waals surface area contributed by atoms with Crippen molar-refractivity contribution in [2.75, 3.05) is 35.4 Å². The number of likely N-dealkylation sites (N-methyl/N-ethyl adjacent to an activating group) is 1. The molecule has 6 aliphatic rings. The monoisotopic (exact) mass is 769 g/mol. The highest BCUT2D eigenvalue weighted by Crippen LogP contribution is 2.54. The van der Waals surface area contributed by atoms with Gasteiger partial charge in [-0.25, -0.2) is 0 Å². The molecule has 3 saturated heterocycles. The number of furan rings is 1. The lowest BCUT2D eigenvalue weighted by atomic mass is 9.70. The molecule has 17 atom stereocenters. The van der Waals surface area contributed by atoms with Gasteiger partial charge in [0.25, 0.3) is 0 Å². The van der Waals surface area contributed by atoms with Gasteiger partial charge in [-0.2, -0.15) is 0 Å². The number of hydrogen-bond acceptors (Lipinski definition) is 12. The summed E-state index contributed by atoms with van der Waals surface area (Å²) in [7, 11) is 9.12. The number of Topliss-reactive ketones (excluding diaryl/α,β-unsaturated/α-hetero) is 1. The zero-order valence-corrected chi connectivity index (χ0v) is 33.9. The van der Waals surface area contributed by atoms with Crippen molar-refractivity contribution < 1.29 is 51.9 Å². The Balaban J connectivity index is 1.12. The summed E-state index contributed by atoms with van der Waals surface area (Å²) < 4.78 is 55.5. The van der Waals surface area contributed by atoms with Gasteiger partial charge in [-0.1, -0.05) is 25.2 Å². The maximum absolute atomic E-state index is 14.8. The molecule has 12 nitrogen and oxygen atoms in total. The molecule has 1 saturated carbocycles. The number of nitrogens with zero attached hydrogens (tertiary/aromatic N) is 1. The minimum atomic E-state index is -0.612. The number of ether oxygens (including phenoxy) is 8. The topological polar surface area (TPSA) is 124 Å². The smallest absolute Gasteiger partial charge is 0.307 e. The van der Waals surface area contributed by atoms with E-state index < -0.39 is 24.4 Å². The number of rotatable bonds is 9. The fraction of sp³-hybridized carbons (Fsp3) is 0.767. The summed E-state index contributed by atoms with van der Waals surface area (Å²) in [5.41, 5.74) is 0.723. The second kappa shape index (κ2) is 17.6. The molecular formula is C43H63NO11. The third-order valence-corrected chi connectivity index (χ3v) is 13.6. The molecule has 12 heteroatoms. The minimum Gasteiger partial charge on any atom is -0.465 e. The van der Waals surface area contributed by atoms with E-state index in [1.807, 2.05) is 26.0 Å². The summed E-state index contributed by atoms with van der Waals surface area (Å²) in [5, 5.41) is 0. The molecule has 55 heavy (non-hydrogen) atoms. The zero-order chi connectivity index (χ0) is 39.0. The van der Waals surface area contributed by atoms with E-state index in [1.54, 1.807) is 27.6 Å². The number of cyclic esters (lactones) is 1. The van der Waals surface area contributed by atoms with Crippen LogP contribution in [0, 0.1) is 35.5 Å². The number of fused-ring (bicyclic) bond motifs is 5. The molecule has 0 unspecified atom stereocenters. The molecule has 0 bridgehead atoms. The molecule has 3 aliphatic heterocycles. The molecule has 4 fully saturated rings. The Morgan fingerprint density at radius 2 is 1.60 bits per heavy atom. The lowest BCUT2D eigenvalue weighted by molar-refractivity contribution is -0.314. The van der Waals surface area contributed by atoms with E-state index in [1.165, 1.54) is 0 Å². The number of esters is 1. The maximum atomic E-state index is 14.8. The van der Waals surface area contributed by atoms with Crippen LogP contribution in [-0.2, 0) is 47.5 Å². The van der Waals surface area contributed by atoms with Gasteiger partial charge in [-0.05, 0) is 114 Å². The van der Waals surface area contributed by atoms with Gasteiger partial charge in [0, 0.05) is 39.2 Å². The van der Waals surface area contributed by atoms with Gasteiger partial charge in [0.15, 0.2) is 24.5 Å². The third-order valence-electron chi connectivity index (χ3n) is 13.6. The van der Waals surface area contributed by atoms with Crippen molar-refractivity contribution in [2.24, 2.45) is 35.5 Å². The first-order valence-electron chi connectivity index (χ1n) is 20.5. The molecular weight excluding hydrogens is 706 g/mol. The highest BCUT2D eigenvalue weighted by molar-refractivity contribution is 5.99. The number of methoxy groups -OCH3 is 3. The van der Waals surface area contributed by atoms with Gasteiger partial charge in [0.1, 0.15) is 24.1 Å². The second-order valence-electron chi connectivity index (χ2n) is 17.0. The molecule has 1 aromatic rings. The Bertz CT molecular complexity index is 1510. The van der Waals surface area contributed by atoms with Gasteiger partial charge < -0.3 is 47.2 Å². The van der Waals surface area contributed by atoms with E-state index in [2.05, 4.69) is 44.1 Å². The summed E-state index contributed by atoms with van der Waals surface area (Å²) in [6.07, 6.45) is 10.4. The van der Waals surface area contributed by atoms with Crippen molar-refractivity contribution in [1.82, 2.24) is 4.90 Å². The maximum Gasteiger partial charge on any atom is 0.307 e. The highest BCUT2D eigenvalue weighted by atomic mass is 16.7. The molecule has 4 heterocycles. The summed E-state index contributed by atoms with van der Waals surface area (Å²) in [6.45, 7) is 6.06. The lowest BCUT2D eigenvalue weighted by Gasteiger charge is -2.44. The van der Waals surface area contributed by atoms with Crippen LogP contribution in [0.15, 0.2) is 46.6 Å². The molecule has 7 rings (SSSR count). The van der Waals surface area contributed by atoms with Gasteiger partial charge in [-0.3, -0.25) is 9.59 Å². The van der Waals surface area contributed by atoms with E-state index in [9.17, 15) is 9.59 Å². The Labute approximate surface area is 326 Å². The number of hydrogen-bond donors (Lipinski definition) is 0. The first kappa shape index (κ1) is 40.8. The Morgan fingerprint density at radius 3 is 2.29 bits per heavy atom. The van der Waals surface area contributed by atoms with E-state index in [0.29, 0.717) is 31.1 Å². The van der Waals surface area contributed by atoms with Crippen molar-refractivity contribution in [3.8, 4) is 0 Å². The average molecular weight is 770 g/mol. The van der Waals surface area contributed by atoms with Crippen molar-refractivity contribution in [2.45, 2.75) is 140 Å². The van der Waals surface area contributed by atoms with Crippen LogP contribution < -0.4 is 0 Å². The van der Waals surface area contributed by atoms with Crippen molar-refractivity contribution in [1.29, 1.82) is 0 Å². The first-order valence-corrected chi connectivity index (χ1v) is 20.5. The van der Waals surface area contributed by atoms with Gasteiger partial charge in [0.2, 0.25) is 0 Å². The lowest BCUT2D eigenvalue weighted by Crippen LogP contribution is -2.59. The SMILES string of the molecule is CO[C@@H]1[C@@H](OC)[C@H](C)O[C@@H](O[C@H]2C[C@H]3[C@@H]4C=C5C(=O)[C@H](C)[C@@H](O[C@H]6CC[C@H](N(C)C)[C@@H](C)O6)CCC[C@H](c6ccco6)OC(=O)C[C@H]5[C@@H]4C=C[C@@H]3C2)[C@@H]1OC. The van der Waals surface area contributed by atoms with E-state index >= 15 is 0 Å². The van der Waals surface area contributed by atoms with E-state index in [-0.39, 0.29) is 90.7 Å². The van der Waals surface area contributed by atoms with Crippen LogP contribution >= 0.6 is 0 Å². The fourth-order valence-electron chi connectivity index (χ4n) is 10.7. The first-order chi connectivity index (χ1) is 26.5. The second-order valence-corrected chi connectivity index (χ2v) is 17.0. The number of carbonyl (C=O) groups excluding carboxylic acids is 2. The van der Waals surface area contributed by atoms with Gasteiger partial charge in [-0.15, -0.1) is 0 Å². The minimum absolute atomic E-state index is 0.00780. The van der Waals surface area contributed by atoms with Crippen LogP contribution in [-0.4, -0.2) is 113 Å². The normalized spacial score (nSPS) is 43.9. The molecule has 0 spiro atoms. The van der Waals surface area contributed by atoms with Crippen LogP contribution in [0.25, 0.3) is 0 Å². The highest BCUT2D eigenvalue weighted by Gasteiger charge is 2.53. The van der Waals surface area contributed by atoms with Crippen molar-refractivity contribution >= 4 is 11.8 Å². The Hall–Kier alpha value is -2.42. The molecule has 306 valence electrons. The standard InChI is InChI=1S/C43H63NO11/c1-23-34(55-38-17-16-33(44(4)5)24(2)51-38)11-9-12-36(35-13-10-18-50-35)54-37(45)22-31-28-15-14-26-19-27(20-29(26)30(28)21-32(31)39(23)46)53-43-42(49-8)41(48-7)40(47-6)25(3)52-43/h10,13-15,18,21,23-31,33-34,36,38,40-43H,9,11-12,16-17,19-20,22H2,1-8H3/t23-,24-,25+,26-,27-,28-,29-,30-,31+,33+,34+,36-,38+,40+,41-,42-,43+/m1/s1. The third kappa shape index (κ3) is 8.44.